The van der Waals surface area contributed by atoms with Crippen molar-refractivity contribution in [2.75, 3.05) is 18.2 Å². The number of anilines is 1. The van der Waals surface area contributed by atoms with Crippen LogP contribution in [0.5, 0.6) is 0 Å². The molecule has 0 saturated heterocycles. The van der Waals surface area contributed by atoms with Crippen molar-refractivity contribution in [3.05, 3.63) is 52.2 Å². The molecule has 1 heterocycles. The standard InChI is InChI=1S/C16H20N2O2S2/c1-21-11-12-4-2-5-13(10-12)17-16(20)18-14(7-8-19)15-6-3-9-22-15/h2-6,9-10,14,19H,7-8,11H2,1H3,(H2,17,18,20). The highest BCUT2D eigenvalue weighted by molar-refractivity contribution is 7.97. The number of urea groups is 1. The van der Waals surface area contributed by atoms with Crippen LogP contribution < -0.4 is 10.6 Å². The molecule has 2 aromatic rings. The van der Waals surface area contributed by atoms with E-state index in [4.69, 9.17) is 5.11 Å². The van der Waals surface area contributed by atoms with Gasteiger partial charge in [-0.1, -0.05) is 18.2 Å². The molecular formula is C16H20N2O2S2. The number of hydrogen-bond acceptors (Lipinski definition) is 4. The molecule has 2 amide bonds. The van der Waals surface area contributed by atoms with Gasteiger partial charge in [-0.05, 0) is 41.8 Å². The van der Waals surface area contributed by atoms with Crippen molar-refractivity contribution in [3.8, 4) is 0 Å². The Balaban J connectivity index is 1.97. The van der Waals surface area contributed by atoms with Crippen molar-refractivity contribution in [1.82, 2.24) is 5.32 Å². The summed E-state index contributed by atoms with van der Waals surface area (Å²) in [6, 6.07) is 11.3. The van der Waals surface area contributed by atoms with Crippen LogP contribution in [0, 0.1) is 0 Å². The fraction of sp³-hybridized carbons (Fsp3) is 0.312. The van der Waals surface area contributed by atoms with E-state index in [9.17, 15) is 4.79 Å². The first-order valence-corrected chi connectivity index (χ1v) is 9.30. The molecule has 1 unspecified atom stereocenters. The van der Waals surface area contributed by atoms with Gasteiger partial charge >= 0.3 is 6.03 Å². The number of benzene rings is 1. The first-order valence-electron chi connectivity index (χ1n) is 7.02. The number of nitrogens with one attached hydrogen (secondary N) is 2. The van der Waals surface area contributed by atoms with Crippen molar-refractivity contribution in [2.24, 2.45) is 0 Å². The Labute approximate surface area is 138 Å². The molecule has 1 aromatic heterocycles. The summed E-state index contributed by atoms with van der Waals surface area (Å²) < 4.78 is 0. The van der Waals surface area contributed by atoms with E-state index < -0.39 is 0 Å². The van der Waals surface area contributed by atoms with Crippen molar-refractivity contribution >= 4 is 34.8 Å². The van der Waals surface area contributed by atoms with Crippen LogP contribution in [0.2, 0.25) is 0 Å². The van der Waals surface area contributed by atoms with E-state index >= 15 is 0 Å². The second kappa shape index (κ2) is 8.82. The third kappa shape index (κ3) is 5.05. The van der Waals surface area contributed by atoms with Crippen LogP contribution in [0.25, 0.3) is 0 Å². The molecule has 0 aliphatic carbocycles. The van der Waals surface area contributed by atoms with E-state index in [1.807, 2.05) is 48.0 Å². The van der Waals surface area contributed by atoms with E-state index in [-0.39, 0.29) is 18.7 Å². The normalized spacial score (nSPS) is 11.9. The first-order chi connectivity index (χ1) is 10.7. The number of aliphatic hydroxyl groups excluding tert-OH is 1. The largest absolute Gasteiger partial charge is 0.396 e. The lowest BCUT2D eigenvalue weighted by molar-refractivity contribution is 0.239. The van der Waals surface area contributed by atoms with Crippen LogP contribution in [0.4, 0.5) is 10.5 Å². The molecule has 6 heteroatoms. The van der Waals surface area contributed by atoms with Crippen LogP contribution in [-0.4, -0.2) is 24.0 Å². The van der Waals surface area contributed by atoms with Gasteiger partial charge in [-0.2, -0.15) is 11.8 Å². The van der Waals surface area contributed by atoms with Gasteiger partial charge in [0.05, 0.1) is 6.04 Å². The summed E-state index contributed by atoms with van der Waals surface area (Å²) in [5.41, 5.74) is 1.95. The summed E-state index contributed by atoms with van der Waals surface area (Å²) in [6.07, 6.45) is 2.55. The van der Waals surface area contributed by atoms with Gasteiger partial charge in [-0.25, -0.2) is 4.79 Å². The van der Waals surface area contributed by atoms with E-state index in [0.717, 1.165) is 16.3 Å². The molecule has 118 valence electrons. The average molecular weight is 336 g/mol. The van der Waals surface area contributed by atoms with E-state index in [1.165, 1.54) is 5.56 Å². The Morgan fingerprint density at radius 3 is 2.91 bits per heavy atom. The lowest BCUT2D eigenvalue weighted by Crippen LogP contribution is -2.32. The number of thioether (sulfide) groups is 1. The lowest BCUT2D eigenvalue weighted by atomic mass is 10.2. The van der Waals surface area contributed by atoms with Crippen molar-refractivity contribution in [1.29, 1.82) is 0 Å². The number of carbonyl (C=O) groups is 1. The monoisotopic (exact) mass is 336 g/mol. The Kier molecular flexibility index (Phi) is 6.76. The van der Waals surface area contributed by atoms with Crippen molar-refractivity contribution in [2.45, 2.75) is 18.2 Å². The van der Waals surface area contributed by atoms with Gasteiger partial charge in [0.2, 0.25) is 0 Å². The summed E-state index contributed by atoms with van der Waals surface area (Å²) in [5.74, 6) is 0.916. The topological polar surface area (TPSA) is 61.4 Å². The maximum absolute atomic E-state index is 12.2. The SMILES string of the molecule is CSCc1cccc(NC(=O)NC(CCO)c2cccs2)c1. The lowest BCUT2D eigenvalue weighted by Gasteiger charge is -2.17. The maximum Gasteiger partial charge on any atom is 0.319 e. The van der Waals surface area contributed by atoms with Crippen LogP contribution in [0.1, 0.15) is 22.9 Å². The first kappa shape index (κ1) is 16.9. The molecule has 4 nitrogen and oxygen atoms in total. The number of rotatable bonds is 7. The minimum absolute atomic E-state index is 0.0338. The van der Waals surface area contributed by atoms with Gasteiger partial charge < -0.3 is 15.7 Å². The highest BCUT2D eigenvalue weighted by atomic mass is 32.2. The van der Waals surface area contributed by atoms with Crippen LogP contribution in [-0.2, 0) is 5.75 Å². The van der Waals surface area contributed by atoms with Gasteiger partial charge in [0.25, 0.3) is 0 Å². The highest BCUT2D eigenvalue weighted by Crippen LogP contribution is 2.22. The molecule has 0 bridgehead atoms. The summed E-state index contributed by atoms with van der Waals surface area (Å²) in [5, 5.41) is 16.9. The maximum atomic E-state index is 12.2. The van der Waals surface area contributed by atoms with Crippen LogP contribution >= 0.6 is 23.1 Å². The molecule has 1 atom stereocenters. The van der Waals surface area contributed by atoms with Gasteiger partial charge in [-0.3, -0.25) is 0 Å². The molecule has 0 fully saturated rings. The minimum atomic E-state index is -0.256. The van der Waals surface area contributed by atoms with Crippen molar-refractivity contribution < 1.29 is 9.90 Å². The Morgan fingerprint density at radius 1 is 1.36 bits per heavy atom. The number of hydrogen-bond donors (Lipinski definition) is 3. The third-order valence-electron chi connectivity index (χ3n) is 3.11. The zero-order valence-corrected chi connectivity index (χ0v) is 14.0. The number of aliphatic hydroxyl groups is 1. The quantitative estimate of drug-likeness (QED) is 0.719. The van der Waals surface area contributed by atoms with Gasteiger partial charge in [-0.15, -0.1) is 11.3 Å². The zero-order chi connectivity index (χ0) is 15.8. The smallest absolute Gasteiger partial charge is 0.319 e. The fourth-order valence-electron chi connectivity index (χ4n) is 2.14. The molecule has 3 N–H and O–H groups in total. The molecule has 22 heavy (non-hydrogen) atoms. The fourth-order valence-corrected chi connectivity index (χ4v) is 3.46. The second-order valence-electron chi connectivity index (χ2n) is 4.81. The zero-order valence-electron chi connectivity index (χ0n) is 12.4. The minimum Gasteiger partial charge on any atom is -0.396 e. The van der Waals surface area contributed by atoms with Crippen molar-refractivity contribution in [3.63, 3.8) is 0 Å². The van der Waals surface area contributed by atoms with E-state index in [2.05, 4.69) is 10.6 Å². The summed E-state index contributed by atoms with van der Waals surface area (Å²) >= 11 is 3.32. The molecule has 2 rings (SSSR count). The molecule has 0 aliphatic heterocycles. The predicted octanol–water partition coefficient (Wildman–Crippen LogP) is 3.86. The Bertz CT molecular complexity index is 588. The van der Waals surface area contributed by atoms with Crippen LogP contribution in [0.15, 0.2) is 41.8 Å². The molecule has 0 spiro atoms. The van der Waals surface area contributed by atoms with Gasteiger partial charge in [0, 0.05) is 22.9 Å². The predicted molar refractivity (Wildman–Crippen MR) is 94.6 cm³/mol. The van der Waals surface area contributed by atoms with Gasteiger partial charge in [0.1, 0.15) is 0 Å². The number of amides is 2. The Morgan fingerprint density at radius 2 is 2.23 bits per heavy atom. The highest BCUT2D eigenvalue weighted by Gasteiger charge is 2.15. The Hall–Kier alpha value is -1.50. The van der Waals surface area contributed by atoms with E-state index in [0.29, 0.717) is 6.42 Å². The number of thiophene rings is 1. The number of carbonyl (C=O) groups excluding carboxylic acids is 1. The molecule has 0 saturated carbocycles. The van der Waals surface area contributed by atoms with E-state index in [1.54, 1.807) is 23.1 Å². The molecule has 0 aliphatic rings. The summed E-state index contributed by atoms with van der Waals surface area (Å²) in [7, 11) is 0. The average Bonchev–Trinajstić information content (AvgIpc) is 3.01. The summed E-state index contributed by atoms with van der Waals surface area (Å²) in [4.78, 5) is 13.2. The second-order valence-corrected chi connectivity index (χ2v) is 6.66. The molecule has 0 radical (unpaired) electrons. The van der Waals surface area contributed by atoms with Crippen LogP contribution in [0.3, 0.4) is 0 Å². The third-order valence-corrected chi connectivity index (χ3v) is 4.71. The molecular weight excluding hydrogens is 316 g/mol. The van der Waals surface area contributed by atoms with Gasteiger partial charge in [0.15, 0.2) is 0 Å². The molecule has 1 aromatic carbocycles. The summed E-state index contributed by atoms with van der Waals surface area (Å²) in [6.45, 7) is 0.0338.